The summed E-state index contributed by atoms with van der Waals surface area (Å²) in [4.78, 5) is 23.9. The van der Waals surface area contributed by atoms with Gasteiger partial charge in [0.15, 0.2) is 0 Å². The van der Waals surface area contributed by atoms with Crippen LogP contribution in [0.3, 0.4) is 0 Å². The van der Waals surface area contributed by atoms with Crippen LogP contribution >= 0.6 is 0 Å². The SMILES string of the molecule is CC(C)(C)c1ccc(C(=O)NCCNC(=O)c2cccc(F)c2)cc1. The van der Waals surface area contributed by atoms with Crippen molar-refractivity contribution in [1.29, 1.82) is 0 Å². The van der Waals surface area contributed by atoms with Gasteiger partial charge in [-0.1, -0.05) is 39.0 Å². The van der Waals surface area contributed by atoms with Gasteiger partial charge in [-0.15, -0.1) is 0 Å². The summed E-state index contributed by atoms with van der Waals surface area (Å²) in [5, 5.41) is 5.39. The molecule has 2 rings (SSSR count). The molecule has 2 N–H and O–H groups in total. The van der Waals surface area contributed by atoms with Crippen LogP contribution in [0.1, 0.15) is 47.1 Å². The topological polar surface area (TPSA) is 58.2 Å². The first-order chi connectivity index (χ1) is 11.8. The van der Waals surface area contributed by atoms with Gasteiger partial charge in [-0.05, 0) is 41.3 Å². The van der Waals surface area contributed by atoms with Gasteiger partial charge in [-0.2, -0.15) is 0 Å². The molecular weight excluding hydrogens is 319 g/mol. The Morgan fingerprint density at radius 2 is 1.44 bits per heavy atom. The Bertz CT molecular complexity index is 749. The highest BCUT2D eigenvalue weighted by molar-refractivity contribution is 5.95. The van der Waals surface area contributed by atoms with Crippen LogP contribution in [-0.4, -0.2) is 24.9 Å². The molecule has 0 spiro atoms. The van der Waals surface area contributed by atoms with Crippen molar-refractivity contribution >= 4 is 11.8 Å². The van der Waals surface area contributed by atoms with Crippen LogP contribution in [0, 0.1) is 5.82 Å². The van der Waals surface area contributed by atoms with Crippen molar-refractivity contribution in [3.63, 3.8) is 0 Å². The summed E-state index contributed by atoms with van der Waals surface area (Å²) in [6, 6.07) is 12.9. The summed E-state index contributed by atoms with van der Waals surface area (Å²) in [7, 11) is 0. The molecule has 0 saturated carbocycles. The standard InChI is InChI=1S/C20H23FN2O2/c1-20(2,3)16-9-7-14(8-10-16)18(24)22-11-12-23-19(25)15-5-4-6-17(21)13-15/h4-10,13H,11-12H2,1-3H3,(H,22,24)(H,23,25). The van der Waals surface area contributed by atoms with Crippen LogP contribution in [-0.2, 0) is 5.41 Å². The van der Waals surface area contributed by atoms with Crippen LogP contribution in [0.4, 0.5) is 4.39 Å². The van der Waals surface area contributed by atoms with E-state index in [0.717, 1.165) is 5.56 Å². The lowest BCUT2D eigenvalue weighted by Crippen LogP contribution is -2.34. The van der Waals surface area contributed by atoms with E-state index in [-0.39, 0.29) is 29.3 Å². The molecular formula is C20H23FN2O2. The zero-order valence-electron chi connectivity index (χ0n) is 14.7. The number of carbonyl (C=O) groups is 2. The molecule has 0 aliphatic rings. The van der Waals surface area contributed by atoms with Crippen molar-refractivity contribution in [3.05, 3.63) is 71.0 Å². The average Bonchev–Trinajstić information content (AvgIpc) is 2.57. The Morgan fingerprint density at radius 1 is 0.880 bits per heavy atom. The summed E-state index contributed by atoms with van der Waals surface area (Å²) < 4.78 is 13.1. The third-order valence-electron chi connectivity index (χ3n) is 3.80. The molecule has 4 nitrogen and oxygen atoms in total. The van der Waals surface area contributed by atoms with Gasteiger partial charge in [-0.25, -0.2) is 4.39 Å². The number of hydrogen-bond donors (Lipinski definition) is 2. The van der Waals surface area contributed by atoms with Gasteiger partial charge in [0.05, 0.1) is 0 Å². The van der Waals surface area contributed by atoms with Gasteiger partial charge >= 0.3 is 0 Å². The van der Waals surface area contributed by atoms with Gasteiger partial charge < -0.3 is 10.6 Å². The molecule has 0 saturated heterocycles. The van der Waals surface area contributed by atoms with Crippen LogP contribution in [0.15, 0.2) is 48.5 Å². The molecule has 2 aromatic rings. The van der Waals surface area contributed by atoms with Crippen LogP contribution in [0.5, 0.6) is 0 Å². The maximum absolute atomic E-state index is 13.1. The fourth-order valence-electron chi connectivity index (χ4n) is 2.31. The van der Waals surface area contributed by atoms with Gasteiger partial charge in [0.1, 0.15) is 5.82 Å². The van der Waals surface area contributed by atoms with E-state index in [9.17, 15) is 14.0 Å². The lowest BCUT2D eigenvalue weighted by molar-refractivity contribution is 0.0927. The lowest BCUT2D eigenvalue weighted by atomic mass is 9.87. The van der Waals surface area contributed by atoms with E-state index in [0.29, 0.717) is 12.1 Å². The number of hydrogen-bond acceptors (Lipinski definition) is 2. The Balaban J connectivity index is 1.79. The van der Waals surface area contributed by atoms with Crippen LogP contribution in [0.25, 0.3) is 0 Å². The second kappa shape index (κ2) is 7.92. The van der Waals surface area contributed by atoms with Gasteiger partial charge in [0.2, 0.25) is 0 Å². The highest BCUT2D eigenvalue weighted by Crippen LogP contribution is 2.22. The number of carbonyl (C=O) groups excluding carboxylic acids is 2. The summed E-state index contributed by atoms with van der Waals surface area (Å²) in [6.45, 7) is 6.90. The molecule has 0 aromatic heterocycles. The van der Waals surface area contributed by atoms with Gasteiger partial charge in [-0.3, -0.25) is 9.59 Å². The molecule has 25 heavy (non-hydrogen) atoms. The summed E-state index contributed by atoms with van der Waals surface area (Å²) in [6.07, 6.45) is 0. The second-order valence-electron chi connectivity index (χ2n) is 6.85. The first-order valence-corrected chi connectivity index (χ1v) is 8.20. The number of benzene rings is 2. The molecule has 0 bridgehead atoms. The minimum absolute atomic E-state index is 0.0379. The first-order valence-electron chi connectivity index (χ1n) is 8.20. The van der Waals surface area contributed by atoms with Crippen molar-refractivity contribution in [2.75, 3.05) is 13.1 Å². The van der Waals surface area contributed by atoms with E-state index in [1.54, 1.807) is 12.1 Å². The zero-order chi connectivity index (χ0) is 18.4. The number of halogens is 1. The molecule has 0 aliphatic heterocycles. The Kier molecular flexibility index (Phi) is 5.91. The average molecular weight is 342 g/mol. The van der Waals surface area contributed by atoms with E-state index in [4.69, 9.17) is 0 Å². The predicted molar refractivity (Wildman–Crippen MR) is 96.2 cm³/mol. The monoisotopic (exact) mass is 342 g/mol. The molecule has 5 heteroatoms. The van der Waals surface area contributed by atoms with Gasteiger partial charge in [0.25, 0.3) is 11.8 Å². The number of amides is 2. The number of nitrogens with one attached hydrogen (secondary N) is 2. The van der Waals surface area contributed by atoms with E-state index in [2.05, 4.69) is 31.4 Å². The van der Waals surface area contributed by atoms with E-state index in [1.807, 2.05) is 12.1 Å². The van der Waals surface area contributed by atoms with Crippen molar-refractivity contribution in [2.45, 2.75) is 26.2 Å². The molecule has 0 aliphatic carbocycles. The van der Waals surface area contributed by atoms with E-state index >= 15 is 0 Å². The van der Waals surface area contributed by atoms with Crippen molar-refractivity contribution in [3.8, 4) is 0 Å². The molecule has 2 aromatic carbocycles. The quantitative estimate of drug-likeness (QED) is 0.819. The molecule has 2 amide bonds. The predicted octanol–water partition coefficient (Wildman–Crippen LogP) is 3.28. The normalized spacial score (nSPS) is 11.0. The Labute approximate surface area is 147 Å². The molecule has 0 unspecified atom stereocenters. The fourth-order valence-corrected chi connectivity index (χ4v) is 2.31. The van der Waals surface area contributed by atoms with Crippen molar-refractivity contribution in [2.24, 2.45) is 0 Å². The van der Waals surface area contributed by atoms with Gasteiger partial charge in [0, 0.05) is 24.2 Å². The maximum atomic E-state index is 13.1. The molecule has 0 radical (unpaired) electrons. The second-order valence-corrected chi connectivity index (χ2v) is 6.85. The third kappa shape index (κ3) is 5.41. The van der Waals surface area contributed by atoms with Crippen molar-refractivity contribution < 1.29 is 14.0 Å². The molecule has 0 fully saturated rings. The zero-order valence-corrected chi connectivity index (χ0v) is 14.7. The summed E-state index contributed by atoms with van der Waals surface area (Å²) in [5.74, 6) is -1.02. The van der Waals surface area contributed by atoms with Crippen LogP contribution in [0.2, 0.25) is 0 Å². The minimum Gasteiger partial charge on any atom is -0.350 e. The molecule has 0 heterocycles. The molecule has 0 atom stereocenters. The van der Waals surface area contributed by atoms with E-state index < -0.39 is 5.82 Å². The highest BCUT2D eigenvalue weighted by atomic mass is 19.1. The Hall–Kier alpha value is -2.69. The minimum atomic E-state index is -0.459. The smallest absolute Gasteiger partial charge is 0.251 e. The summed E-state index contributed by atoms with van der Waals surface area (Å²) >= 11 is 0. The number of rotatable bonds is 5. The fraction of sp³-hybridized carbons (Fsp3) is 0.300. The third-order valence-corrected chi connectivity index (χ3v) is 3.80. The van der Waals surface area contributed by atoms with Crippen molar-refractivity contribution in [1.82, 2.24) is 10.6 Å². The molecule has 132 valence electrons. The highest BCUT2D eigenvalue weighted by Gasteiger charge is 2.14. The van der Waals surface area contributed by atoms with E-state index in [1.165, 1.54) is 24.3 Å². The first kappa shape index (κ1) is 18.6. The largest absolute Gasteiger partial charge is 0.350 e. The Morgan fingerprint density at radius 3 is 1.96 bits per heavy atom. The van der Waals surface area contributed by atoms with Crippen LogP contribution < -0.4 is 10.6 Å². The lowest BCUT2D eigenvalue weighted by Gasteiger charge is -2.19. The maximum Gasteiger partial charge on any atom is 0.251 e. The summed E-state index contributed by atoms with van der Waals surface area (Å²) in [5.41, 5.74) is 2.02.